The Labute approximate surface area is 372 Å². The molecule has 302 valence electrons. The van der Waals surface area contributed by atoms with Crippen LogP contribution in [0.15, 0.2) is 217 Å². The van der Waals surface area contributed by atoms with E-state index in [4.69, 9.17) is 19.4 Å². The molecule has 0 amide bonds. The van der Waals surface area contributed by atoms with Gasteiger partial charge >= 0.3 is 0 Å². The molecule has 64 heavy (non-hydrogen) atoms. The van der Waals surface area contributed by atoms with Crippen LogP contribution in [-0.2, 0) is 5.41 Å². The third kappa shape index (κ3) is 6.26. The van der Waals surface area contributed by atoms with Crippen molar-refractivity contribution in [3.8, 4) is 89.8 Å². The van der Waals surface area contributed by atoms with Crippen LogP contribution in [0.4, 0.5) is 0 Å². The molecule has 0 radical (unpaired) electrons. The van der Waals surface area contributed by atoms with Crippen molar-refractivity contribution in [1.29, 1.82) is 0 Å². The molecule has 0 spiro atoms. The molecular weight excluding hydrogens is 779 g/mol. The zero-order chi connectivity index (χ0) is 42.8. The number of furan rings is 1. The van der Waals surface area contributed by atoms with E-state index in [2.05, 4.69) is 208 Å². The Hall–Kier alpha value is -8.21. The second-order valence-electron chi connectivity index (χ2n) is 17.1. The zero-order valence-corrected chi connectivity index (χ0v) is 35.5. The Morgan fingerprint density at radius 1 is 0.312 bits per heavy atom. The number of aromatic nitrogens is 3. The van der Waals surface area contributed by atoms with Gasteiger partial charge < -0.3 is 4.42 Å². The van der Waals surface area contributed by atoms with Crippen molar-refractivity contribution in [2.75, 3.05) is 0 Å². The number of nitrogens with zero attached hydrogens (tertiary/aromatic N) is 3. The Bertz CT molecular complexity index is 3570. The van der Waals surface area contributed by atoms with E-state index in [0.717, 1.165) is 60.9 Å². The van der Waals surface area contributed by atoms with Gasteiger partial charge in [-0.3, -0.25) is 0 Å². The summed E-state index contributed by atoms with van der Waals surface area (Å²) in [6.07, 6.45) is 0. The van der Waals surface area contributed by atoms with Crippen LogP contribution >= 0.6 is 0 Å². The number of rotatable bonds is 7. The molecule has 1 aliphatic carbocycles. The van der Waals surface area contributed by atoms with Gasteiger partial charge in [0.15, 0.2) is 17.5 Å². The first-order chi connectivity index (χ1) is 31.5. The number of hydrogen-bond donors (Lipinski definition) is 0. The molecular formula is C60H41N3O. The summed E-state index contributed by atoms with van der Waals surface area (Å²) in [6, 6.07) is 75.0. The highest BCUT2D eigenvalue weighted by atomic mass is 16.3. The van der Waals surface area contributed by atoms with E-state index in [9.17, 15) is 0 Å². The summed E-state index contributed by atoms with van der Waals surface area (Å²) in [5.41, 5.74) is 18.6. The first kappa shape index (κ1) is 37.5. The second kappa shape index (κ2) is 15.0. The van der Waals surface area contributed by atoms with Crippen LogP contribution in [-0.4, -0.2) is 15.0 Å². The predicted molar refractivity (Wildman–Crippen MR) is 263 cm³/mol. The summed E-state index contributed by atoms with van der Waals surface area (Å²) in [6.45, 7) is 4.61. The van der Waals surface area contributed by atoms with Crippen LogP contribution in [0.5, 0.6) is 0 Å². The molecule has 0 fully saturated rings. The maximum absolute atomic E-state index is 6.57. The minimum Gasteiger partial charge on any atom is -0.456 e. The molecule has 0 saturated heterocycles. The Balaban J connectivity index is 0.968. The van der Waals surface area contributed by atoms with Gasteiger partial charge in [0.25, 0.3) is 0 Å². The molecule has 2 aromatic heterocycles. The van der Waals surface area contributed by atoms with E-state index >= 15 is 0 Å². The minimum atomic E-state index is -0.156. The van der Waals surface area contributed by atoms with Crippen LogP contribution in [0, 0.1) is 0 Å². The maximum atomic E-state index is 6.57. The SMILES string of the molecule is CC1(C)c2ccccc2-c2ccc(-c3nc(-c4ccccc4)nc(-c4ccccc4-c4cccc5oc6ccc(-c7ccc(-c8ccccc8-c8ccccc8)cc7)cc6c45)n3)cc21. The van der Waals surface area contributed by atoms with E-state index < -0.39 is 0 Å². The van der Waals surface area contributed by atoms with Gasteiger partial charge in [-0.05, 0) is 91.0 Å². The number of fused-ring (bicyclic) bond motifs is 6. The van der Waals surface area contributed by atoms with Gasteiger partial charge in [-0.25, -0.2) is 15.0 Å². The van der Waals surface area contributed by atoms with Crippen molar-refractivity contribution >= 4 is 21.9 Å². The molecule has 0 unspecified atom stereocenters. The summed E-state index contributed by atoms with van der Waals surface area (Å²) in [7, 11) is 0. The Morgan fingerprint density at radius 3 is 1.56 bits per heavy atom. The molecule has 1 aliphatic rings. The average molecular weight is 820 g/mol. The quantitative estimate of drug-likeness (QED) is 0.161. The molecule has 4 nitrogen and oxygen atoms in total. The van der Waals surface area contributed by atoms with Gasteiger partial charge in [-0.2, -0.15) is 0 Å². The first-order valence-corrected chi connectivity index (χ1v) is 21.8. The lowest BCUT2D eigenvalue weighted by Crippen LogP contribution is -2.15. The molecule has 11 aromatic rings. The second-order valence-corrected chi connectivity index (χ2v) is 17.1. The zero-order valence-electron chi connectivity index (χ0n) is 35.5. The van der Waals surface area contributed by atoms with Crippen molar-refractivity contribution in [3.63, 3.8) is 0 Å². The molecule has 4 heteroatoms. The lowest BCUT2D eigenvalue weighted by atomic mass is 9.82. The maximum Gasteiger partial charge on any atom is 0.164 e. The predicted octanol–water partition coefficient (Wildman–Crippen LogP) is 15.7. The van der Waals surface area contributed by atoms with Crippen LogP contribution in [0.1, 0.15) is 25.0 Å². The van der Waals surface area contributed by atoms with Gasteiger partial charge in [0, 0.05) is 32.9 Å². The summed E-state index contributed by atoms with van der Waals surface area (Å²) in [5, 5.41) is 2.11. The molecule has 9 aromatic carbocycles. The minimum absolute atomic E-state index is 0.156. The van der Waals surface area contributed by atoms with Gasteiger partial charge in [0.1, 0.15) is 11.2 Å². The fourth-order valence-corrected chi connectivity index (χ4v) is 9.78. The largest absolute Gasteiger partial charge is 0.456 e. The summed E-state index contributed by atoms with van der Waals surface area (Å²) in [5.74, 6) is 1.88. The molecule has 2 heterocycles. The van der Waals surface area contributed by atoms with Crippen LogP contribution in [0.3, 0.4) is 0 Å². The monoisotopic (exact) mass is 819 g/mol. The van der Waals surface area contributed by atoms with Crippen molar-refractivity contribution in [1.82, 2.24) is 15.0 Å². The standard InChI is InChI=1S/C60H41N3O/c1-60(2)52-26-14-13-23-47(52)48-34-32-43(37-53(48)60)58-61-57(41-18-7-4-8-19-41)62-59(63-58)50-24-12-11-22-46(50)49-25-15-27-55-56(49)51-36-42(33-35-54(51)64-55)38-28-30-40(31-29-38)45-21-10-9-20-44(45)39-16-5-3-6-17-39/h3-37H,1-2H3. The highest BCUT2D eigenvalue weighted by Gasteiger charge is 2.35. The molecule has 0 atom stereocenters. The average Bonchev–Trinajstić information content (AvgIpc) is 3.85. The summed E-state index contributed by atoms with van der Waals surface area (Å²) >= 11 is 0. The van der Waals surface area contributed by atoms with E-state index in [-0.39, 0.29) is 5.41 Å². The van der Waals surface area contributed by atoms with Gasteiger partial charge in [-0.15, -0.1) is 0 Å². The third-order valence-corrected chi connectivity index (χ3v) is 13.0. The van der Waals surface area contributed by atoms with Crippen LogP contribution in [0.25, 0.3) is 112 Å². The van der Waals surface area contributed by atoms with Gasteiger partial charge in [0.2, 0.25) is 0 Å². The van der Waals surface area contributed by atoms with Crippen LogP contribution in [0.2, 0.25) is 0 Å². The highest BCUT2D eigenvalue weighted by Crippen LogP contribution is 2.50. The molecule has 0 N–H and O–H groups in total. The van der Waals surface area contributed by atoms with E-state index in [0.29, 0.717) is 17.5 Å². The highest BCUT2D eigenvalue weighted by molar-refractivity contribution is 6.14. The molecule has 0 aliphatic heterocycles. The van der Waals surface area contributed by atoms with Crippen molar-refractivity contribution in [2.45, 2.75) is 19.3 Å². The molecule has 0 saturated carbocycles. The van der Waals surface area contributed by atoms with Crippen molar-refractivity contribution < 1.29 is 4.42 Å². The Kier molecular flexibility index (Phi) is 8.80. The fourth-order valence-electron chi connectivity index (χ4n) is 9.78. The molecule has 12 rings (SSSR count). The van der Waals surface area contributed by atoms with E-state index in [1.54, 1.807) is 0 Å². The number of benzene rings is 9. The normalized spacial score (nSPS) is 12.7. The third-order valence-electron chi connectivity index (χ3n) is 13.0. The van der Waals surface area contributed by atoms with Gasteiger partial charge in [-0.1, -0.05) is 202 Å². The lowest BCUT2D eigenvalue weighted by Gasteiger charge is -2.21. The Morgan fingerprint density at radius 2 is 0.828 bits per heavy atom. The fraction of sp³-hybridized carbons (Fsp3) is 0.0500. The van der Waals surface area contributed by atoms with Crippen molar-refractivity contribution in [2.24, 2.45) is 0 Å². The number of hydrogen-bond acceptors (Lipinski definition) is 4. The summed E-state index contributed by atoms with van der Waals surface area (Å²) in [4.78, 5) is 15.7. The summed E-state index contributed by atoms with van der Waals surface area (Å²) < 4.78 is 6.57. The smallest absolute Gasteiger partial charge is 0.164 e. The van der Waals surface area contributed by atoms with E-state index in [1.807, 2.05) is 18.2 Å². The van der Waals surface area contributed by atoms with Crippen LogP contribution < -0.4 is 0 Å². The van der Waals surface area contributed by atoms with Crippen molar-refractivity contribution in [3.05, 3.63) is 223 Å². The lowest BCUT2D eigenvalue weighted by molar-refractivity contribution is 0.660. The van der Waals surface area contributed by atoms with Gasteiger partial charge in [0.05, 0.1) is 0 Å². The molecule has 0 bridgehead atoms. The van der Waals surface area contributed by atoms with E-state index in [1.165, 1.54) is 44.5 Å². The first-order valence-electron chi connectivity index (χ1n) is 21.8. The topological polar surface area (TPSA) is 51.8 Å².